The predicted molar refractivity (Wildman–Crippen MR) is 108 cm³/mol. The summed E-state index contributed by atoms with van der Waals surface area (Å²) in [6, 6.07) is 7.34. The molecule has 0 N–H and O–H groups in total. The number of piperazine rings is 1. The average Bonchev–Trinajstić information content (AvgIpc) is 2.67. The van der Waals surface area contributed by atoms with Gasteiger partial charge in [0.05, 0.1) is 5.69 Å². The van der Waals surface area contributed by atoms with E-state index in [0.29, 0.717) is 44.2 Å². The lowest BCUT2D eigenvalue weighted by Gasteiger charge is -2.36. The van der Waals surface area contributed by atoms with E-state index in [1.807, 2.05) is 45.0 Å². The fourth-order valence-corrected chi connectivity index (χ4v) is 3.42. The Morgan fingerprint density at radius 1 is 1.10 bits per heavy atom. The first-order chi connectivity index (χ1) is 13.7. The lowest BCUT2D eigenvalue weighted by molar-refractivity contribution is -0.133. The number of amides is 3. The minimum absolute atomic E-state index is 0.0294. The Balaban J connectivity index is 1.53. The van der Waals surface area contributed by atoms with Gasteiger partial charge in [-0.05, 0) is 39.8 Å². The van der Waals surface area contributed by atoms with E-state index in [1.165, 1.54) is 0 Å². The van der Waals surface area contributed by atoms with Crippen LogP contribution in [0.15, 0.2) is 24.3 Å². The molecule has 3 rings (SSSR count). The van der Waals surface area contributed by atoms with E-state index in [4.69, 9.17) is 9.47 Å². The van der Waals surface area contributed by atoms with Crippen LogP contribution in [0.2, 0.25) is 0 Å². The van der Waals surface area contributed by atoms with Crippen LogP contribution >= 0.6 is 0 Å². The van der Waals surface area contributed by atoms with Gasteiger partial charge in [-0.3, -0.25) is 9.59 Å². The number of carbonyl (C=O) groups is 3. The zero-order valence-electron chi connectivity index (χ0n) is 17.5. The van der Waals surface area contributed by atoms with Crippen molar-refractivity contribution >= 4 is 23.6 Å². The quantitative estimate of drug-likeness (QED) is 0.774. The molecule has 158 valence electrons. The maximum atomic E-state index is 12.7. The van der Waals surface area contributed by atoms with Crippen LogP contribution in [0.4, 0.5) is 10.5 Å². The zero-order chi connectivity index (χ0) is 21.2. The van der Waals surface area contributed by atoms with Gasteiger partial charge < -0.3 is 24.2 Å². The highest BCUT2D eigenvalue weighted by atomic mass is 16.6. The zero-order valence-corrected chi connectivity index (χ0v) is 17.5. The number of ether oxygens (including phenoxy) is 2. The minimum Gasteiger partial charge on any atom is -0.479 e. The molecule has 1 unspecified atom stereocenters. The fraction of sp³-hybridized carbons (Fsp3) is 0.571. The summed E-state index contributed by atoms with van der Waals surface area (Å²) < 4.78 is 11.0. The summed E-state index contributed by atoms with van der Waals surface area (Å²) in [5.41, 5.74) is 0.153. The molecule has 0 aromatic heterocycles. The lowest BCUT2D eigenvalue weighted by Crippen LogP contribution is -2.52. The van der Waals surface area contributed by atoms with E-state index in [2.05, 4.69) is 0 Å². The topological polar surface area (TPSA) is 79.4 Å². The van der Waals surface area contributed by atoms with E-state index in [1.54, 1.807) is 21.6 Å². The Kier molecular flexibility index (Phi) is 6.00. The van der Waals surface area contributed by atoms with Gasteiger partial charge in [0.1, 0.15) is 11.4 Å². The number of nitrogens with zero attached hydrogens (tertiary/aromatic N) is 3. The molecular formula is C21H29N3O5. The summed E-state index contributed by atoms with van der Waals surface area (Å²) in [6.45, 7) is 9.31. The standard InChI is InChI=1S/C21H29N3O5/c1-15-19(26)24(16-7-5-6-8-17(16)28-15)10-9-18(25)22-11-13-23(14-12-22)20(27)29-21(2,3)4/h5-8,15H,9-14H2,1-4H3. The number of anilines is 1. The molecule has 0 aliphatic carbocycles. The number of para-hydroxylation sites is 2. The molecule has 0 spiro atoms. The van der Waals surface area contributed by atoms with Crippen LogP contribution in [-0.4, -0.2) is 72.1 Å². The highest BCUT2D eigenvalue weighted by molar-refractivity contribution is 6.00. The summed E-state index contributed by atoms with van der Waals surface area (Å²) >= 11 is 0. The van der Waals surface area contributed by atoms with Crippen molar-refractivity contribution in [1.29, 1.82) is 0 Å². The second kappa shape index (κ2) is 8.31. The summed E-state index contributed by atoms with van der Waals surface area (Å²) in [4.78, 5) is 42.3. The number of hydrogen-bond acceptors (Lipinski definition) is 5. The Labute approximate surface area is 171 Å². The second-order valence-electron chi connectivity index (χ2n) is 8.32. The summed E-state index contributed by atoms with van der Waals surface area (Å²) in [5.74, 6) is 0.475. The van der Waals surface area contributed by atoms with Gasteiger partial charge in [0.25, 0.3) is 5.91 Å². The van der Waals surface area contributed by atoms with E-state index in [9.17, 15) is 14.4 Å². The summed E-state index contributed by atoms with van der Waals surface area (Å²) in [5, 5.41) is 0. The van der Waals surface area contributed by atoms with Crippen LogP contribution in [0.25, 0.3) is 0 Å². The molecule has 0 saturated carbocycles. The third kappa shape index (κ3) is 4.99. The maximum Gasteiger partial charge on any atom is 0.410 e. The second-order valence-corrected chi connectivity index (χ2v) is 8.32. The highest BCUT2D eigenvalue weighted by Gasteiger charge is 2.32. The van der Waals surface area contributed by atoms with Gasteiger partial charge in [-0.1, -0.05) is 12.1 Å². The molecule has 2 heterocycles. The Morgan fingerprint density at radius 2 is 1.72 bits per heavy atom. The molecule has 3 amide bonds. The van der Waals surface area contributed by atoms with Crippen LogP contribution in [0.3, 0.4) is 0 Å². The predicted octanol–water partition coefficient (Wildman–Crippen LogP) is 2.27. The van der Waals surface area contributed by atoms with Crippen molar-refractivity contribution < 1.29 is 23.9 Å². The Bertz CT molecular complexity index is 781. The first-order valence-electron chi connectivity index (χ1n) is 9.98. The van der Waals surface area contributed by atoms with Crippen molar-refractivity contribution in [2.75, 3.05) is 37.6 Å². The molecule has 8 nitrogen and oxygen atoms in total. The van der Waals surface area contributed by atoms with Gasteiger partial charge in [0.15, 0.2) is 6.10 Å². The van der Waals surface area contributed by atoms with Crippen LogP contribution in [0.1, 0.15) is 34.1 Å². The average molecular weight is 403 g/mol. The number of fused-ring (bicyclic) bond motifs is 1. The van der Waals surface area contributed by atoms with Gasteiger partial charge in [-0.25, -0.2) is 4.79 Å². The smallest absolute Gasteiger partial charge is 0.410 e. The molecule has 1 aromatic rings. The number of hydrogen-bond donors (Lipinski definition) is 0. The van der Waals surface area contributed by atoms with Gasteiger partial charge in [-0.15, -0.1) is 0 Å². The van der Waals surface area contributed by atoms with Crippen LogP contribution in [0, 0.1) is 0 Å². The van der Waals surface area contributed by atoms with E-state index in [-0.39, 0.29) is 24.3 Å². The molecule has 1 fully saturated rings. The third-order valence-corrected chi connectivity index (χ3v) is 4.91. The van der Waals surface area contributed by atoms with Crippen LogP contribution < -0.4 is 9.64 Å². The van der Waals surface area contributed by atoms with Crippen LogP contribution in [0.5, 0.6) is 5.75 Å². The number of rotatable bonds is 3. The van der Waals surface area contributed by atoms with Gasteiger partial charge >= 0.3 is 6.09 Å². The largest absolute Gasteiger partial charge is 0.479 e. The van der Waals surface area contributed by atoms with Crippen LogP contribution in [-0.2, 0) is 14.3 Å². The summed E-state index contributed by atoms with van der Waals surface area (Å²) in [6.07, 6.45) is -0.703. The molecule has 1 atom stereocenters. The van der Waals surface area contributed by atoms with Crippen molar-refractivity contribution in [3.8, 4) is 5.75 Å². The molecule has 2 aliphatic heterocycles. The van der Waals surface area contributed by atoms with Crippen molar-refractivity contribution in [2.24, 2.45) is 0 Å². The van der Waals surface area contributed by atoms with E-state index < -0.39 is 11.7 Å². The first kappa shape index (κ1) is 21.0. The van der Waals surface area contributed by atoms with E-state index in [0.717, 1.165) is 0 Å². The highest BCUT2D eigenvalue weighted by Crippen LogP contribution is 2.33. The molecule has 0 radical (unpaired) electrons. The number of carbonyl (C=O) groups excluding carboxylic acids is 3. The van der Waals surface area contributed by atoms with Crippen molar-refractivity contribution in [1.82, 2.24) is 9.80 Å². The molecule has 1 aromatic carbocycles. The molecule has 1 saturated heterocycles. The Morgan fingerprint density at radius 3 is 2.38 bits per heavy atom. The van der Waals surface area contributed by atoms with Crippen molar-refractivity contribution in [3.63, 3.8) is 0 Å². The SMILES string of the molecule is CC1Oc2ccccc2N(CCC(=O)N2CCN(C(=O)OC(C)(C)C)CC2)C1=O. The normalized spacial score (nSPS) is 19.5. The molecule has 8 heteroatoms. The molecule has 0 bridgehead atoms. The van der Waals surface area contributed by atoms with Gasteiger partial charge in [0, 0.05) is 39.1 Å². The number of benzene rings is 1. The molecule has 29 heavy (non-hydrogen) atoms. The first-order valence-corrected chi connectivity index (χ1v) is 9.98. The lowest BCUT2D eigenvalue weighted by atomic mass is 10.1. The Hall–Kier alpha value is -2.77. The van der Waals surface area contributed by atoms with Crippen molar-refractivity contribution in [3.05, 3.63) is 24.3 Å². The van der Waals surface area contributed by atoms with Crippen molar-refractivity contribution in [2.45, 2.75) is 45.8 Å². The van der Waals surface area contributed by atoms with Gasteiger partial charge in [-0.2, -0.15) is 0 Å². The van der Waals surface area contributed by atoms with E-state index >= 15 is 0 Å². The summed E-state index contributed by atoms with van der Waals surface area (Å²) in [7, 11) is 0. The maximum absolute atomic E-state index is 12.7. The minimum atomic E-state index is -0.572. The van der Waals surface area contributed by atoms with Gasteiger partial charge in [0.2, 0.25) is 5.91 Å². The monoisotopic (exact) mass is 403 g/mol. The molecule has 2 aliphatic rings. The third-order valence-electron chi connectivity index (χ3n) is 4.91. The fourth-order valence-electron chi connectivity index (χ4n) is 3.42. The molecular weight excluding hydrogens is 374 g/mol.